The maximum absolute atomic E-state index is 14.0. The molecule has 0 radical (unpaired) electrons. The SMILES string of the molecule is N#Cc1c(N)nc(N)nc1N[C@H](c1nc2c(Cl)cc(F)cc2c(=O)n1-c1ccn[nH]1)C1CC1. The van der Waals surface area contributed by atoms with Crippen LogP contribution in [0.2, 0.25) is 5.02 Å². The van der Waals surface area contributed by atoms with Crippen LogP contribution in [0.25, 0.3) is 16.7 Å². The van der Waals surface area contributed by atoms with Gasteiger partial charge in [0.1, 0.15) is 34.9 Å². The summed E-state index contributed by atoms with van der Waals surface area (Å²) in [6.07, 6.45) is 3.15. The van der Waals surface area contributed by atoms with Crippen molar-refractivity contribution in [2.75, 3.05) is 16.8 Å². The first kappa shape index (κ1) is 20.7. The van der Waals surface area contributed by atoms with E-state index in [-0.39, 0.29) is 50.8 Å². The Labute approximate surface area is 190 Å². The molecule has 1 aromatic carbocycles. The van der Waals surface area contributed by atoms with Crippen molar-refractivity contribution in [3.63, 3.8) is 0 Å². The number of hydrogen-bond donors (Lipinski definition) is 4. The van der Waals surface area contributed by atoms with Crippen LogP contribution in [0, 0.1) is 23.1 Å². The fraction of sp³-hybridized carbons (Fsp3) is 0.200. The van der Waals surface area contributed by atoms with Crippen molar-refractivity contribution in [3.8, 4) is 11.9 Å². The molecule has 0 unspecified atom stereocenters. The van der Waals surface area contributed by atoms with Gasteiger partial charge in [0.05, 0.1) is 28.2 Å². The largest absolute Gasteiger partial charge is 0.382 e. The van der Waals surface area contributed by atoms with Crippen LogP contribution < -0.4 is 22.3 Å². The van der Waals surface area contributed by atoms with E-state index in [0.717, 1.165) is 25.0 Å². The third-order valence-corrected chi connectivity index (χ3v) is 5.66. The zero-order valence-corrected chi connectivity index (χ0v) is 17.6. The van der Waals surface area contributed by atoms with E-state index in [0.29, 0.717) is 5.82 Å². The molecule has 1 aliphatic carbocycles. The number of benzene rings is 1. The summed E-state index contributed by atoms with van der Waals surface area (Å²) in [7, 11) is 0. The Balaban J connectivity index is 1.77. The predicted molar refractivity (Wildman–Crippen MR) is 119 cm³/mol. The fourth-order valence-corrected chi connectivity index (χ4v) is 3.98. The lowest BCUT2D eigenvalue weighted by atomic mass is 10.1. The molecule has 4 aromatic rings. The highest BCUT2D eigenvalue weighted by atomic mass is 35.5. The molecule has 0 saturated heterocycles. The van der Waals surface area contributed by atoms with Gasteiger partial charge < -0.3 is 16.8 Å². The van der Waals surface area contributed by atoms with Gasteiger partial charge in [0, 0.05) is 6.07 Å². The van der Waals surface area contributed by atoms with Gasteiger partial charge in [0.15, 0.2) is 5.82 Å². The Bertz CT molecular complexity index is 1490. The standard InChI is InChI=1S/C20H16ClFN10O/c21-12-6-9(22)5-10-15(12)28-18(32(19(10)33)13-3-4-26-31-13)14(8-1-2-8)27-17-11(7-23)16(24)29-20(25)30-17/h3-6,8,14H,1-2H2,(H,26,31)(H5,24,25,27,29,30)/t14-/m0/s1. The number of halogens is 2. The van der Waals surface area contributed by atoms with Crippen LogP contribution in [0.1, 0.15) is 30.3 Å². The van der Waals surface area contributed by atoms with Crippen molar-refractivity contribution in [2.45, 2.75) is 18.9 Å². The number of hydrogen-bond acceptors (Lipinski definition) is 9. The van der Waals surface area contributed by atoms with Gasteiger partial charge in [0.2, 0.25) is 5.95 Å². The molecule has 0 bridgehead atoms. The molecular formula is C20H16ClFN10O. The Morgan fingerprint density at radius 2 is 2.09 bits per heavy atom. The van der Waals surface area contributed by atoms with E-state index in [1.807, 2.05) is 6.07 Å². The van der Waals surface area contributed by atoms with Crippen molar-refractivity contribution in [3.05, 3.63) is 57.0 Å². The lowest BCUT2D eigenvalue weighted by Gasteiger charge is -2.23. The van der Waals surface area contributed by atoms with E-state index in [9.17, 15) is 14.4 Å². The highest BCUT2D eigenvalue weighted by molar-refractivity contribution is 6.35. The summed E-state index contributed by atoms with van der Waals surface area (Å²) in [5.74, 6) is -0.0380. The number of nitriles is 1. The third kappa shape index (κ3) is 3.58. The number of fused-ring (bicyclic) bond motifs is 1. The second-order valence-electron chi connectivity index (χ2n) is 7.60. The third-order valence-electron chi connectivity index (χ3n) is 5.37. The summed E-state index contributed by atoms with van der Waals surface area (Å²) < 4.78 is 15.3. The zero-order valence-electron chi connectivity index (χ0n) is 16.9. The number of nitrogens with zero attached hydrogens (tertiary/aromatic N) is 6. The van der Waals surface area contributed by atoms with Gasteiger partial charge in [-0.05, 0) is 30.9 Å². The van der Waals surface area contributed by atoms with Crippen molar-refractivity contribution < 1.29 is 4.39 Å². The molecule has 5 rings (SSSR count). The number of nitrogens with one attached hydrogen (secondary N) is 2. The highest BCUT2D eigenvalue weighted by Gasteiger charge is 2.37. The van der Waals surface area contributed by atoms with Crippen LogP contribution in [0.3, 0.4) is 0 Å². The molecule has 1 aliphatic rings. The lowest BCUT2D eigenvalue weighted by molar-refractivity contribution is 0.604. The minimum absolute atomic E-state index is 0.00268. The summed E-state index contributed by atoms with van der Waals surface area (Å²) >= 11 is 6.24. The fourth-order valence-electron chi connectivity index (χ4n) is 3.73. The van der Waals surface area contributed by atoms with Gasteiger partial charge in [-0.25, -0.2) is 13.9 Å². The molecule has 3 heterocycles. The number of aromatic nitrogens is 6. The molecule has 3 aromatic heterocycles. The van der Waals surface area contributed by atoms with Gasteiger partial charge >= 0.3 is 0 Å². The number of anilines is 3. The monoisotopic (exact) mass is 466 g/mol. The van der Waals surface area contributed by atoms with Crippen molar-refractivity contribution in [2.24, 2.45) is 5.92 Å². The first-order valence-electron chi connectivity index (χ1n) is 9.88. The highest BCUT2D eigenvalue weighted by Crippen LogP contribution is 2.43. The number of aromatic amines is 1. The minimum atomic E-state index is -0.655. The van der Waals surface area contributed by atoms with E-state index in [1.165, 1.54) is 10.8 Å². The smallest absolute Gasteiger partial charge is 0.267 e. The number of nitrogen functional groups attached to an aromatic ring is 2. The van der Waals surface area contributed by atoms with Crippen LogP contribution in [0.4, 0.5) is 22.0 Å². The molecule has 13 heteroatoms. The number of rotatable bonds is 5. The summed E-state index contributed by atoms with van der Waals surface area (Å²) in [6.45, 7) is 0. The Kier molecular flexibility index (Phi) is 4.83. The van der Waals surface area contributed by atoms with E-state index in [1.54, 1.807) is 6.07 Å². The van der Waals surface area contributed by atoms with Crippen LogP contribution in [0.15, 0.2) is 29.2 Å². The van der Waals surface area contributed by atoms with Gasteiger partial charge in [-0.1, -0.05) is 11.6 Å². The predicted octanol–water partition coefficient (Wildman–Crippen LogP) is 2.29. The Morgan fingerprint density at radius 1 is 1.30 bits per heavy atom. The quantitative estimate of drug-likeness (QED) is 0.343. The zero-order chi connectivity index (χ0) is 23.3. The van der Waals surface area contributed by atoms with Crippen molar-refractivity contribution >= 4 is 40.1 Å². The van der Waals surface area contributed by atoms with Gasteiger partial charge in [0.25, 0.3) is 5.56 Å². The summed E-state index contributed by atoms with van der Waals surface area (Å²) in [4.78, 5) is 26.1. The van der Waals surface area contributed by atoms with Crippen LogP contribution >= 0.6 is 11.6 Å². The average molecular weight is 467 g/mol. The topological polar surface area (TPSA) is 177 Å². The first-order valence-corrected chi connectivity index (χ1v) is 10.3. The second kappa shape index (κ2) is 7.72. The molecule has 0 spiro atoms. The van der Waals surface area contributed by atoms with Crippen molar-refractivity contribution in [1.29, 1.82) is 5.26 Å². The minimum Gasteiger partial charge on any atom is -0.382 e. The van der Waals surface area contributed by atoms with Gasteiger partial charge in [-0.3, -0.25) is 9.89 Å². The second-order valence-corrected chi connectivity index (χ2v) is 8.01. The molecule has 11 nitrogen and oxygen atoms in total. The number of nitrogens with two attached hydrogens (primary N) is 2. The van der Waals surface area contributed by atoms with E-state index in [4.69, 9.17) is 23.1 Å². The maximum atomic E-state index is 14.0. The molecule has 6 N–H and O–H groups in total. The van der Waals surface area contributed by atoms with Gasteiger partial charge in [-0.2, -0.15) is 20.3 Å². The van der Waals surface area contributed by atoms with Crippen LogP contribution in [-0.4, -0.2) is 29.7 Å². The van der Waals surface area contributed by atoms with E-state index < -0.39 is 17.4 Å². The molecule has 1 saturated carbocycles. The molecule has 0 amide bonds. The summed E-state index contributed by atoms with van der Waals surface area (Å²) in [6, 6.07) is 5.17. The van der Waals surface area contributed by atoms with E-state index >= 15 is 0 Å². The van der Waals surface area contributed by atoms with E-state index in [2.05, 4.69) is 30.5 Å². The van der Waals surface area contributed by atoms with Crippen molar-refractivity contribution in [1.82, 2.24) is 29.7 Å². The average Bonchev–Trinajstić information content (AvgIpc) is 3.46. The molecule has 1 fully saturated rings. The molecule has 1 atom stereocenters. The van der Waals surface area contributed by atoms with Gasteiger partial charge in [-0.15, -0.1) is 0 Å². The molecule has 166 valence electrons. The number of H-pyrrole nitrogens is 1. The van der Waals surface area contributed by atoms with Crippen LogP contribution in [-0.2, 0) is 0 Å². The first-order chi connectivity index (χ1) is 15.9. The normalized spacial score (nSPS) is 14.2. The molecule has 0 aliphatic heterocycles. The van der Waals surface area contributed by atoms with Crippen LogP contribution in [0.5, 0.6) is 0 Å². The summed E-state index contributed by atoms with van der Waals surface area (Å²) in [5.41, 5.74) is 11.2. The molecule has 33 heavy (non-hydrogen) atoms. The molecular weight excluding hydrogens is 451 g/mol. The Hall–Kier alpha value is -4.24. The lowest BCUT2D eigenvalue weighted by Crippen LogP contribution is -2.30. The maximum Gasteiger partial charge on any atom is 0.267 e. The summed E-state index contributed by atoms with van der Waals surface area (Å²) in [5, 5.41) is 19.4. The Morgan fingerprint density at radius 3 is 2.76 bits per heavy atom.